The molecule has 0 radical (unpaired) electrons. The van der Waals surface area contributed by atoms with Gasteiger partial charge in [0.05, 0.1) is 0 Å². The minimum atomic E-state index is -1.21. The molecule has 0 saturated heterocycles. The Kier molecular flexibility index (Phi) is 1.15. The van der Waals surface area contributed by atoms with Crippen LogP contribution in [0.15, 0.2) is 12.2 Å². The smallest absolute Gasteiger partial charge is 0.186 e. The third kappa shape index (κ3) is 0.657. The predicted octanol–water partition coefficient (Wildman–Crippen LogP) is -1.15. The van der Waals surface area contributed by atoms with E-state index in [1.807, 2.05) is 0 Å². The highest BCUT2D eigenvalue weighted by Gasteiger charge is 2.24. The molecule has 0 amide bonds. The summed E-state index contributed by atoms with van der Waals surface area (Å²) in [7, 11) is 0. The van der Waals surface area contributed by atoms with Crippen LogP contribution in [0.4, 0.5) is 0 Å². The van der Waals surface area contributed by atoms with E-state index in [1.165, 1.54) is 12.2 Å². The highest BCUT2D eigenvalue weighted by Crippen LogP contribution is 2.05. The van der Waals surface area contributed by atoms with Crippen molar-refractivity contribution in [2.75, 3.05) is 0 Å². The first-order valence-electron chi connectivity index (χ1n) is 2.30. The summed E-state index contributed by atoms with van der Waals surface area (Å²) in [6.07, 6.45) is 0.250. The third-order valence-electron chi connectivity index (χ3n) is 1.07. The fourth-order valence-corrected chi connectivity index (χ4v) is 0.566. The fourth-order valence-electron chi connectivity index (χ4n) is 0.566. The Morgan fingerprint density at radius 2 is 2.12 bits per heavy atom. The van der Waals surface area contributed by atoms with Crippen LogP contribution >= 0.6 is 0 Å². The molecule has 44 valence electrons. The van der Waals surface area contributed by atoms with E-state index in [0.29, 0.717) is 0 Å². The van der Waals surface area contributed by atoms with Crippen molar-refractivity contribution < 1.29 is 15.0 Å². The summed E-state index contributed by atoms with van der Waals surface area (Å²) in [4.78, 5) is 10.3. The number of ketones is 1. The van der Waals surface area contributed by atoms with E-state index in [2.05, 4.69) is 0 Å². The Bertz CT molecular complexity index is 139. The van der Waals surface area contributed by atoms with Gasteiger partial charge in [-0.2, -0.15) is 0 Å². The first-order chi connectivity index (χ1) is 3.72. The van der Waals surface area contributed by atoms with Crippen molar-refractivity contribution in [1.29, 1.82) is 0 Å². The molecule has 3 nitrogen and oxygen atoms in total. The molecule has 0 bridgehead atoms. The van der Waals surface area contributed by atoms with Crippen LogP contribution in [0.3, 0.4) is 0 Å². The number of hydrogen-bond acceptors (Lipinski definition) is 3. The molecule has 1 rings (SSSR count). The maximum atomic E-state index is 10.3. The summed E-state index contributed by atoms with van der Waals surface area (Å²) < 4.78 is 0. The minimum absolute atomic E-state index is 0.419. The summed E-state index contributed by atoms with van der Waals surface area (Å²) in [6.45, 7) is 0. The van der Waals surface area contributed by atoms with Crippen LogP contribution in [-0.2, 0) is 4.79 Å². The van der Waals surface area contributed by atoms with Crippen molar-refractivity contribution in [3.8, 4) is 0 Å². The molecule has 1 aliphatic carbocycles. The van der Waals surface area contributed by atoms with Gasteiger partial charge in [-0.25, -0.2) is 0 Å². The van der Waals surface area contributed by atoms with Crippen LogP contribution in [0.25, 0.3) is 0 Å². The molecule has 2 atom stereocenters. The summed E-state index contributed by atoms with van der Waals surface area (Å²) in [5.41, 5.74) is 0. The lowest BCUT2D eigenvalue weighted by Crippen LogP contribution is -2.25. The molecule has 0 aliphatic heterocycles. The molecule has 1 aliphatic rings. The highest BCUT2D eigenvalue weighted by molar-refractivity contribution is 5.96. The topological polar surface area (TPSA) is 57.5 Å². The summed E-state index contributed by atoms with van der Waals surface area (Å²) in [5, 5.41) is 17.2. The van der Waals surface area contributed by atoms with Crippen molar-refractivity contribution in [2.24, 2.45) is 0 Å². The molecule has 0 unspecified atom stereocenters. The van der Waals surface area contributed by atoms with E-state index < -0.39 is 18.0 Å². The number of rotatable bonds is 0. The standard InChI is InChI=1S/C5H6O3/c6-3-1-2-4(7)5(3)8/h1-3,5-6,8H/t3-,5+/m0/s1. The molecule has 8 heavy (non-hydrogen) atoms. The molecule has 0 spiro atoms. The largest absolute Gasteiger partial charge is 0.386 e. The van der Waals surface area contributed by atoms with E-state index in [1.54, 1.807) is 0 Å². The van der Waals surface area contributed by atoms with Gasteiger partial charge in [-0.05, 0) is 12.2 Å². The zero-order valence-corrected chi connectivity index (χ0v) is 4.11. The van der Waals surface area contributed by atoms with Crippen LogP contribution in [0.5, 0.6) is 0 Å². The normalized spacial score (nSPS) is 36.5. The number of carbonyl (C=O) groups is 1. The summed E-state index contributed by atoms with van der Waals surface area (Å²) in [5.74, 6) is -0.419. The molecule has 0 fully saturated rings. The van der Waals surface area contributed by atoms with Gasteiger partial charge in [-0.1, -0.05) is 0 Å². The molecular weight excluding hydrogens is 108 g/mol. The van der Waals surface area contributed by atoms with Crippen LogP contribution in [0.1, 0.15) is 0 Å². The number of hydrogen-bond donors (Lipinski definition) is 2. The second-order valence-electron chi connectivity index (χ2n) is 1.70. The van der Waals surface area contributed by atoms with Crippen LogP contribution < -0.4 is 0 Å². The molecular formula is C5H6O3. The van der Waals surface area contributed by atoms with E-state index in [-0.39, 0.29) is 0 Å². The second kappa shape index (κ2) is 1.69. The van der Waals surface area contributed by atoms with Gasteiger partial charge < -0.3 is 10.2 Å². The summed E-state index contributed by atoms with van der Waals surface area (Å²) >= 11 is 0. The molecule has 0 saturated carbocycles. The minimum Gasteiger partial charge on any atom is -0.386 e. The Labute approximate surface area is 46.3 Å². The first kappa shape index (κ1) is 5.47. The molecule has 0 aromatic rings. The SMILES string of the molecule is O=C1C=C[C@H](O)[C@H]1O. The maximum Gasteiger partial charge on any atom is 0.186 e. The van der Waals surface area contributed by atoms with Gasteiger partial charge in [-0.3, -0.25) is 4.79 Å². The van der Waals surface area contributed by atoms with Crippen molar-refractivity contribution in [2.45, 2.75) is 12.2 Å². The number of aliphatic hydroxyl groups excluding tert-OH is 2. The van der Waals surface area contributed by atoms with Crippen molar-refractivity contribution in [3.05, 3.63) is 12.2 Å². The van der Waals surface area contributed by atoms with Crippen molar-refractivity contribution >= 4 is 5.78 Å². The van der Waals surface area contributed by atoms with Gasteiger partial charge in [0.25, 0.3) is 0 Å². The van der Waals surface area contributed by atoms with E-state index in [4.69, 9.17) is 10.2 Å². The molecule has 3 heteroatoms. The lowest BCUT2D eigenvalue weighted by Gasteiger charge is -2.01. The van der Waals surface area contributed by atoms with Gasteiger partial charge in [0.15, 0.2) is 5.78 Å². The second-order valence-corrected chi connectivity index (χ2v) is 1.70. The van der Waals surface area contributed by atoms with E-state index in [9.17, 15) is 4.79 Å². The Morgan fingerprint density at radius 1 is 1.50 bits per heavy atom. The van der Waals surface area contributed by atoms with Gasteiger partial charge in [0.1, 0.15) is 12.2 Å². The molecule has 2 N–H and O–H groups in total. The highest BCUT2D eigenvalue weighted by atomic mass is 16.3. The van der Waals surface area contributed by atoms with Gasteiger partial charge >= 0.3 is 0 Å². The Hall–Kier alpha value is -0.670. The molecule has 0 aromatic carbocycles. The quantitative estimate of drug-likeness (QED) is 0.418. The van der Waals surface area contributed by atoms with Crippen LogP contribution in [-0.4, -0.2) is 28.2 Å². The van der Waals surface area contributed by atoms with Crippen LogP contribution in [0, 0.1) is 0 Å². The lowest BCUT2D eigenvalue weighted by atomic mass is 10.2. The fraction of sp³-hybridized carbons (Fsp3) is 0.400. The maximum absolute atomic E-state index is 10.3. The predicted molar refractivity (Wildman–Crippen MR) is 26.2 cm³/mol. The molecule has 0 heterocycles. The number of aliphatic hydroxyl groups is 2. The Balaban J connectivity index is 2.69. The zero-order chi connectivity index (χ0) is 6.15. The van der Waals surface area contributed by atoms with Crippen LogP contribution in [0.2, 0.25) is 0 Å². The van der Waals surface area contributed by atoms with E-state index in [0.717, 1.165) is 0 Å². The van der Waals surface area contributed by atoms with E-state index >= 15 is 0 Å². The Morgan fingerprint density at radius 3 is 2.25 bits per heavy atom. The first-order valence-corrected chi connectivity index (χ1v) is 2.30. The summed E-state index contributed by atoms with van der Waals surface area (Å²) in [6, 6.07) is 0. The lowest BCUT2D eigenvalue weighted by molar-refractivity contribution is -0.124. The average Bonchev–Trinajstić information content (AvgIpc) is 1.98. The third-order valence-corrected chi connectivity index (χ3v) is 1.07. The van der Waals surface area contributed by atoms with Crippen molar-refractivity contribution in [3.63, 3.8) is 0 Å². The van der Waals surface area contributed by atoms with Gasteiger partial charge in [0, 0.05) is 0 Å². The van der Waals surface area contributed by atoms with Crippen molar-refractivity contribution in [1.82, 2.24) is 0 Å². The number of carbonyl (C=O) groups excluding carboxylic acids is 1. The average molecular weight is 114 g/mol. The van der Waals surface area contributed by atoms with Gasteiger partial charge in [-0.15, -0.1) is 0 Å². The van der Waals surface area contributed by atoms with Gasteiger partial charge in [0.2, 0.25) is 0 Å². The zero-order valence-electron chi connectivity index (χ0n) is 4.11. The monoisotopic (exact) mass is 114 g/mol. The molecule has 0 aromatic heterocycles.